The van der Waals surface area contributed by atoms with Crippen molar-refractivity contribution in [1.29, 1.82) is 0 Å². The number of hydrogen-bond donors (Lipinski definition) is 1. The Morgan fingerprint density at radius 1 is 1.21 bits per heavy atom. The summed E-state index contributed by atoms with van der Waals surface area (Å²) in [4.78, 5) is 25.7. The van der Waals surface area contributed by atoms with Gasteiger partial charge in [-0.3, -0.25) is 4.79 Å². The minimum atomic E-state index is -0.283. The maximum Gasteiger partial charge on any atom is 0.274 e. The second kappa shape index (κ2) is 7.83. The first-order chi connectivity index (χ1) is 13.5. The third-order valence-corrected chi connectivity index (χ3v) is 6.53. The average Bonchev–Trinajstić information content (AvgIpc) is 3.10. The van der Waals surface area contributed by atoms with E-state index in [2.05, 4.69) is 22.2 Å². The number of carbonyl (C=O) groups excluding carboxylic acids is 1. The van der Waals surface area contributed by atoms with Gasteiger partial charge in [0, 0.05) is 18.2 Å². The van der Waals surface area contributed by atoms with Gasteiger partial charge < -0.3 is 10.1 Å². The smallest absolute Gasteiger partial charge is 0.274 e. The first-order valence-electron chi connectivity index (χ1n) is 9.63. The van der Waals surface area contributed by atoms with Gasteiger partial charge in [-0.2, -0.15) is 0 Å². The van der Waals surface area contributed by atoms with Crippen LogP contribution in [0.5, 0.6) is 5.75 Å². The van der Waals surface area contributed by atoms with E-state index >= 15 is 0 Å². The van der Waals surface area contributed by atoms with Crippen LogP contribution >= 0.6 is 11.3 Å². The lowest BCUT2D eigenvalue weighted by Crippen LogP contribution is -2.15. The molecule has 2 heterocycles. The number of amides is 1. The van der Waals surface area contributed by atoms with Crippen molar-refractivity contribution >= 4 is 33.1 Å². The number of methoxy groups -OCH3 is 1. The number of ether oxygens (including phenoxy) is 1. The summed E-state index contributed by atoms with van der Waals surface area (Å²) in [5.41, 5.74) is 1.88. The lowest BCUT2D eigenvalue weighted by molar-refractivity contribution is 0.102. The molecule has 0 saturated heterocycles. The molecule has 0 atom stereocenters. The number of fused-ring (bicyclic) bond motifs is 1. The van der Waals surface area contributed by atoms with E-state index in [9.17, 15) is 4.79 Å². The van der Waals surface area contributed by atoms with Gasteiger partial charge in [0.15, 0.2) is 0 Å². The third-order valence-electron chi connectivity index (χ3n) is 5.35. The van der Waals surface area contributed by atoms with Crippen molar-refractivity contribution < 1.29 is 9.53 Å². The fourth-order valence-electron chi connectivity index (χ4n) is 3.69. The zero-order valence-corrected chi connectivity index (χ0v) is 17.2. The van der Waals surface area contributed by atoms with Crippen LogP contribution in [0.1, 0.15) is 59.8 Å². The summed E-state index contributed by atoms with van der Waals surface area (Å²) in [5.74, 6) is 2.23. The largest absolute Gasteiger partial charge is 0.494 e. The van der Waals surface area contributed by atoms with Crippen LogP contribution in [-0.4, -0.2) is 28.0 Å². The van der Waals surface area contributed by atoms with E-state index in [1.165, 1.54) is 30.7 Å². The van der Waals surface area contributed by atoms with Gasteiger partial charge in [0.1, 0.15) is 17.3 Å². The molecule has 0 unspecified atom stereocenters. The molecule has 1 saturated carbocycles. The molecule has 0 aliphatic heterocycles. The SMILES string of the molecule is COc1cc2nc([C@H]3CC[C@H](C)CC3)sc2cc1NC(=O)c1ccnc(C)n1. The van der Waals surface area contributed by atoms with E-state index in [0.717, 1.165) is 16.1 Å². The van der Waals surface area contributed by atoms with Gasteiger partial charge in [0.25, 0.3) is 5.91 Å². The topological polar surface area (TPSA) is 77.0 Å². The lowest BCUT2D eigenvalue weighted by atomic mass is 9.83. The Kier molecular flexibility index (Phi) is 5.26. The monoisotopic (exact) mass is 396 g/mol. The second-order valence-electron chi connectivity index (χ2n) is 7.47. The van der Waals surface area contributed by atoms with Crippen LogP contribution in [0, 0.1) is 12.8 Å². The third kappa shape index (κ3) is 3.85. The number of thiazole rings is 1. The van der Waals surface area contributed by atoms with E-state index in [1.54, 1.807) is 37.6 Å². The molecule has 1 fully saturated rings. The molecule has 0 bridgehead atoms. The van der Waals surface area contributed by atoms with E-state index < -0.39 is 0 Å². The van der Waals surface area contributed by atoms with E-state index in [-0.39, 0.29) is 5.91 Å². The molecule has 1 aliphatic carbocycles. The zero-order chi connectivity index (χ0) is 19.7. The van der Waals surface area contributed by atoms with Crippen molar-refractivity contribution in [2.75, 3.05) is 12.4 Å². The Labute approximate surface area is 168 Å². The van der Waals surface area contributed by atoms with Crippen LogP contribution in [0.4, 0.5) is 5.69 Å². The molecule has 28 heavy (non-hydrogen) atoms. The number of anilines is 1. The maximum absolute atomic E-state index is 12.6. The molecule has 6 nitrogen and oxygen atoms in total. The number of nitrogens with one attached hydrogen (secondary N) is 1. The summed E-state index contributed by atoms with van der Waals surface area (Å²) < 4.78 is 6.56. The van der Waals surface area contributed by atoms with Gasteiger partial charge in [-0.25, -0.2) is 15.0 Å². The maximum atomic E-state index is 12.6. The Morgan fingerprint density at radius 2 is 2.00 bits per heavy atom. The molecular weight excluding hydrogens is 372 g/mol. The van der Waals surface area contributed by atoms with Gasteiger partial charge in [0.2, 0.25) is 0 Å². The quantitative estimate of drug-likeness (QED) is 0.675. The molecule has 1 amide bonds. The van der Waals surface area contributed by atoms with Gasteiger partial charge in [-0.1, -0.05) is 19.8 Å². The summed E-state index contributed by atoms with van der Waals surface area (Å²) >= 11 is 1.72. The number of aryl methyl sites for hydroxylation is 1. The molecule has 7 heteroatoms. The standard InChI is InChI=1S/C21H24N4O2S/c1-12-4-6-14(7-5-12)21-25-17-10-18(27-3)16(11-19(17)28-21)24-20(26)15-8-9-22-13(2)23-15/h8-12,14H,4-7H2,1-3H3,(H,24,26)/t12-,14-. The minimum Gasteiger partial charge on any atom is -0.494 e. The van der Waals surface area contributed by atoms with Crippen molar-refractivity contribution in [1.82, 2.24) is 15.0 Å². The number of hydrogen-bond acceptors (Lipinski definition) is 6. The first kappa shape index (κ1) is 18.8. The molecule has 146 valence electrons. The number of carbonyl (C=O) groups is 1. The van der Waals surface area contributed by atoms with Crippen LogP contribution in [0.25, 0.3) is 10.2 Å². The summed E-state index contributed by atoms with van der Waals surface area (Å²) in [6.07, 6.45) is 6.52. The molecule has 1 aromatic carbocycles. The molecule has 2 aromatic heterocycles. The fraction of sp³-hybridized carbons (Fsp3) is 0.429. The van der Waals surface area contributed by atoms with E-state index in [4.69, 9.17) is 9.72 Å². The van der Waals surface area contributed by atoms with Crippen molar-refractivity contribution in [3.8, 4) is 5.75 Å². The Hall–Kier alpha value is -2.54. The van der Waals surface area contributed by atoms with Crippen molar-refractivity contribution in [2.24, 2.45) is 5.92 Å². The molecule has 1 aliphatic rings. The molecular formula is C21H24N4O2S. The van der Waals surface area contributed by atoms with Crippen LogP contribution in [0.2, 0.25) is 0 Å². The Balaban J connectivity index is 1.62. The van der Waals surface area contributed by atoms with Crippen LogP contribution in [0.15, 0.2) is 24.4 Å². The predicted octanol–water partition coefficient (Wildman–Crippen LogP) is 4.95. The van der Waals surface area contributed by atoms with Crippen molar-refractivity contribution in [2.45, 2.75) is 45.4 Å². The molecule has 1 N–H and O–H groups in total. The van der Waals surface area contributed by atoms with Crippen LogP contribution in [-0.2, 0) is 0 Å². The molecule has 0 spiro atoms. The van der Waals surface area contributed by atoms with Crippen molar-refractivity contribution in [3.05, 3.63) is 40.9 Å². The normalized spacial score (nSPS) is 19.5. The number of benzene rings is 1. The summed E-state index contributed by atoms with van der Waals surface area (Å²) in [6.45, 7) is 4.09. The summed E-state index contributed by atoms with van der Waals surface area (Å²) in [5, 5.41) is 4.11. The van der Waals surface area contributed by atoms with Crippen LogP contribution < -0.4 is 10.1 Å². The fourth-order valence-corrected chi connectivity index (χ4v) is 4.85. The second-order valence-corrected chi connectivity index (χ2v) is 8.53. The van der Waals surface area contributed by atoms with Gasteiger partial charge in [-0.15, -0.1) is 11.3 Å². The lowest BCUT2D eigenvalue weighted by Gasteiger charge is -2.24. The van der Waals surface area contributed by atoms with Gasteiger partial charge >= 0.3 is 0 Å². The van der Waals surface area contributed by atoms with Crippen LogP contribution in [0.3, 0.4) is 0 Å². The van der Waals surface area contributed by atoms with Gasteiger partial charge in [0.05, 0.1) is 28.0 Å². The molecule has 3 aromatic rings. The Morgan fingerprint density at radius 3 is 2.71 bits per heavy atom. The zero-order valence-electron chi connectivity index (χ0n) is 16.4. The van der Waals surface area contributed by atoms with Gasteiger partial charge in [-0.05, 0) is 37.8 Å². The highest BCUT2D eigenvalue weighted by atomic mass is 32.1. The first-order valence-corrected chi connectivity index (χ1v) is 10.4. The van der Waals surface area contributed by atoms with E-state index in [1.807, 2.05) is 12.1 Å². The highest BCUT2D eigenvalue weighted by Gasteiger charge is 2.23. The molecule has 0 radical (unpaired) electrons. The van der Waals surface area contributed by atoms with Crippen molar-refractivity contribution in [3.63, 3.8) is 0 Å². The molecule has 4 rings (SSSR count). The summed E-state index contributed by atoms with van der Waals surface area (Å²) in [7, 11) is 1.60. The number of nitrogens with zero attached hydrogens (tertiary/aromatic N) is 3. The minimum absolute atomic E-state index is 0.283. The number of aromatic nitrogens is 3. The predicted molar refractivity (Wildman–Crippen MR) is 111 cm³/mol. The average molecular weight is 397 g/mol. The van der Waals surface area contributed by atoms with E-state index in [0.29, 0.717) is 28.9 Å². The highest BCUT2D eigenvalue weighted by Crippen LogP contribution is 2.40. The summed E-state index contributed by atoms with van der Waals surface area (Å²) in [6, 6.07) is 5.45. The highest BCUT2D eigenvalue weighted by molar-refractivity contribution is 7.18. The number of rotatable bonds is 4. The Bertz CT molecular complexity index is 1010.